The van der Waals surface area contributed by atoms with Crippen molar-refractivity contribution in [1.82, 2.24) is 9.55 Å². The molecule has 0 unspecified atom stereocenters. The van der Waals surface area contributed by atoms with Crippen molar-refractivity contribution in [2.75, 3.05) is 0 Å². The van der Waals surface area contributed by atoms with E-state index in [0.717, 1.165) is 11.3 Å². The van der Waals surface area contributed by atoms with Crippen molar-refractivity contribution in [2.45, 2.75) is 19.3 Å². The Morgan fingerprint density at radius 1 is 1.40 bits per heavy atom. The minimum atomic E-state index is -0.461. The van der Waals surface area contributed by atoms with Crippen molar-refractivity contribution < 1.29 is 4.39 Å². The summed E-state index contributed by atoms with van der Waals surface area (Å²) >= 11 is 13.5. The van der Waals surface area contributed by atoms with Crippen LogP contribution in [0.2, 0.25) is 5.02 Å². The fourth-order valence-electron chi connectivity index (χ4n) is 2.16. The Hall–Kier alpha value is -1.10. The van der Waals surface area contributed by atoms with Gasteiger partial charge in [-0.25, -0.2) is 9.37 Å². The Labute approximate surface area is 129 Å². The molecule has 3 aromatic rings. The van der Waals surface area contributed by atoms with Crippen molar-refractivity contribution in [3.8, 4) is 0 Å². The van der Waals surface area contributed by atoms with Gasteiger partial charge in [-0.1, -0.05) is 11.6 Å². The first-order valence-electron chi connectivity index (χ1n) is 6.03. The fraction of sp³-hybridized carbons (Fsp3) is 0.214. The highest BCUT2D eigenvalue weighted by atomic mass is 35.5. The number of fused-ring (bicyclic) bond motifs is 1. The van der Waals surface area contributed by atoms with Gasteiger partial charge in [0.2, 0.25) is 0 Å². The molecule has 0 aliphatic rings. The number of aryl methyl sites for hydroxylation is 1. The molecule has 1 aromatic carbocycles. The maximum Gasteiger partial charge on any atom is 0.144 e. The highest BCUT2D eigenvalue weighted by Crippen LogP contribution is 2.27. The van der Waals surface area contributed by atoms with Crippen LogP contribution < -0.4 is 0 Å². The standard InChI is InChI=1S/C14H11Cl2FN2S/c1-8-2-3-20-13(8)7-19-12-4-9(16)10(17)5-11(12)18-14(19)6-15/h2-5H,6-7H2,1H3. The zero-order valence-electron chi connectivity index (χ0n) is 10.7. The smallest absolute Gasteiger partial charge is 0.144 e. The molecule has 0 aliphatic heterocycles. The Morgan fingerprint density at radius 3 is 2.85 bits per heavy atom. The van der Waals surface area contributed by atoms with E-state index >= 15 is 0 Å². The van der Waals surface area contributed by atoms with Crippen molar-refractivity contribution >= 4 is 45.6 Å². The summed E-state index contributed by atoms with van der Waals surface area (Å²) < 4.78 is 15.5. The number of aromatic nitrogens is 2. The van der Waals surface area contributed by atoms with Gasteiger partial charge >= 0.3 is 0 Å². The summed E-state index contributed by atoms with van der Waals surface area (Å²) in [7, 11) is 0. The summed E-state index contributed by atoms with van der Waals surface area (Å²) in [5, 5.41) is 2.15. The number of hydrogen-bond donors (Lipinski definition) is 0. The van der Waals surface area contributed by atoms with Gasteiger partial charge in [-0.05, 0) is 30.0 Å². The number of alkyl halides is 1. The van der Waals surface area contributed by atoms with E-state index in [1.54, 1.807) is 17.4 Å². The van der Waals surface area contributed by atoms with E-state index in [-0.39, 0.29) is 10.9 Å². The highest BCUT2D eigenvalue weighted by molar-refractivity contribution is 7.10. The molecule has 0 N–H and O–H groups in total. The summed E-state index contributed by atoms with van der Waals surface area (Å²) in [5.41, 5.74) is 2.61. The minimum Gasteiger partial charge on any atom is -0.322 e. The van der Waals surface area contributed by atoms with Crippen molar-refractivity contribution in [2.24, 2.45) is 0 Å². The van der Waals surface area contributed by atoms with Crippen LogP contribution in [0.3, 0.4) is 0 Å². The predicted octanol–water partition coefficient (Wildman–Crippen LogP) is 4.99. The zero-order chi connectivity index (χ0) is 14.3. The van der Waals surface area contributed by atoms with Gasteiger partial charge in [-0.15, -0.1) is 22.9 Å². The van der Waals surface area contributed by atoms with Crippen LogP contribution in [0.1, 0.15) is 16.3 Å². The topological polar surface area (TPSA) is 17.8 Å². The van der Waals surface area contributed by atoms with Crippen LogP contribution in [0.4, 0.5) is 4.39 Å². The van der Waals surface area contributed by atoms with Gasteiger partial charge < -0.3 is 4.57 Å². The molecule has 0 saturated heterocycles. The molecule has 6 heteroatoms. The normalized spacial score (nSPS) is 11.4. The fourth-order valence-corrected chi connectivity index (χ4v) is 3.41. The Kier molecular flexibility index (Phi) is 3.71. The van der Waals surface area contributed by atoms with Gasteiger partial charge in [-0.3, -0.25) is 0 Å². The highest BCUT2D eigenvalue weighted by Gasteiger charge is 2.14. The van der Waals surface area contributed by atoms with Crippen LogP contribution in [0.5, 0.6) is 0 Å². The minimum absolute atomic E-state index is 0.0997. The van der Waals surface area contributed by atoms with E-state index in [1.165, 1.54) is 16.5 Å². The summed E-state index contributed by atoms with van der Waals surface area (Å²) in [6, 6.07) is 5.04. The molecule has 0 fully saturated rings. The third-order valence-electron chi connectivity index (χ3n) is 3.26. The summed E-state index contributed by atoms with van der Waals surface area (Å²) in [5.74, 6) is 0.534. The second-order valence-corrected chi connectivity index (χ2v) is 6.20. The van der Waals surface area contributed by atoms with Crippen molar-refractivity contribution in [3.63, 3.8) is 0 Å². The van der Waals surface area contributed by atoms with E-state index in [2.05, 4.69) is 23.4 Å². The van der Waals surface area contributed by atoms with Gasteiger partial charge in [-0.2, -0.15) is 0 Å². The molecule has 0 aliphatic carbocycles. The van der Waals surface area contributed by atoms with Crippen molar-refractivity contribution in [3.05, 3.63) is 50.7 Å². The lowest BCUT2D eigenvalue weighted by molar-refractivity contribution is 0.629. The Bertz CT molecular complexity index is 779. The van der Waals surface area contributed by atoms with Crippen LogP contribution in [-0.2, 0) is 12.4 Å². The third kappa shape index (κ3) is 2.32. The number of benzene rings is 1. The van der Waals surface area contributed by atoms with E-state index < -0.39 is 5.82 Å². The van der Waals surface area contributed by atoms with Crippen LogP contribution in [0, 0.1) is 12.7 Å². The van der Waals surface area contributed by atoms with E-state index in [4.69, 9.17) is 23.2 Å². The van der Waals surface area contributed by atoms with Crippen LogP contribution in [0.15, 0.2) is 23.6 Å². The quantitative estimate of drug-likeness (QED) is 0.619. The molecule has 0 spiro atoms. The molecule has 0 saturated carbocycles. The number of hydrogen-bond acceptors (Lipinski definition) is 2. The number of halogens is 3. The number of nitrogens with zero attached hydrogens (tertiary/aromatic N) is 2. The molecule has 104 valence electrons. The predicted molar refractivity (Wildman–Crippen MR) is 82.4 cm³/mol. The summed E-state index contributed by atoms with van der Waals surface area (Å²) in [6.45, 7) is 2.74. The first kappa shape index (κ1) is 13.9. The molecule has 2 heterocycles. The number of thiophene rings is 1. The molecule has 0 atom stereocenters. The molecule has 2 aromatic heterocycles. The molecular weight excluding hydrogens is 318 g/mol. The zero-order valence-corrected chi connectivity index (χ0v) is 13.0. The number of rotatable bonds is 3. The molecular formula is C14H11Cl2FN2S. The maximum absolute atomic E-state index is 13.5. The molecule has 20 heavy (non-hydrogen) atoms. The Morgan fingerprint density at radius 2 is 2.20 bits per heavy atom. The lowest BCUT2D eigenvalue weighted by Crippen LogP contribution is -2.03. The third-order valence-corrected chi connectivity index (χ3v) is 4.80. The average molecular weight is 329 g/mol. The van der Waals surface area contributed by atoms with E-state index in [0.29, 0.717) is 12.1 Å². The number of imidazole rings is 1. The molecule has 0 bridgehead atoms. The van der Waals surface area contributed by atoms with Crippen LogP contribution in [-0.4, -0.2) is 9.55 Å². The lowest BCUT2D eigenvalue weighted by Gasteiger charge is -2.07. The van der Waals surface area contributed by atoms with E-state index in [9.17, 15) is 4.39 Å². The molecule has 0 radical (unpaired) electrons. The van der Waals surface area contributed by atoms with Gasteiger partial charge in [0.05, 0.1) is 28.5 Å². The Balaban J connectivity index is 2.17. The van der Waals surface area contributed by atoms with Gasteiger partial charge in [0, 0.05) is 10.9 Å². The largest absolute Gasteiger partial charge is 0.322 e. The van der Waals surface area contributed by atoms with Crippen LogP contribution >= 0.6 is 34.5 Å². The second-order valence-electron chi connectivity index (χ2n) is 4.53. The summed E-state index contributed by atoms with van der Waals surface area (Å²) in [4.78, 5) is 5.61. The maximum atomic E-state index is 13.5. The average Bonchev–Trinajstić information content (AvgIpc) is 2.96. The lowest BCUT2D eigenvalue weighted by atomic mass is 10.2. The second kappa shape index (κ2) is 5.35. The van der Waals surface area contributed by atoms with Gasteiger partial charge in [0.25, 0.3) is 0 Å². The monoisotopic (exact) mass is 328 g/mol. The SMILES string of the molecule is Cc1ccsc1Cn1c(CCl)nc2cc(F)c(Cl)cc21. The first-order valence-corrected chi connectivity index (χ1v) is 7.82. The van der Waals surface area contributed by atoms with Gasteiger partial charge in [0.1, 0.15) is 11.6 Å². The molecule has 2 nitrogen and oxygen atoms in total. The van der Waals surface area contributed by atoms with Crippen LogP contribution in [0.25, 0.3) is 11.0 Å². The first-order chi connectivity index (χ1) is 9.60. The molecule has 0 amide bonds. The molecule has 3 rings (SSSR count). The van der Waals surface area contributed by atoms with Crippen molar-refractivity contribution in [1.29, 1.82) is 0 Å². The summed E-state index contributed by atoms with van der Waals surface area (Å²) in [6.07, 6.45) is 0. The van der Waals surface area contributed by atoms with Gasteiger partial charge in [0.15, 0.2) is 0 Å². The van der Waals surface area contributed by atoms with E-state index in [1.807, 2.05) is 4.57 Å².